The molecule has 0 aromatic carbocycles. The minimum atomic E-state index is 0. The highest BCUT2D eigenvalue weighted by atomic mass is 13.7. The lowest BCUT2D eigenvalue weighted by Crippen LogP contribution is -1.66. The average molecular weight is 121 g/mol. The molecular weight excluding hydrogens is 96.1 g/mol. The van der Waals surface area contributed by atoms with Crippen LogP contribution >= 0.6 is 0 Å². The summed E-state index contributed by atoms with van der Waals surface area (Å²) in [4.78, 5) is 0. The van der Waals surface area contributed by atoms with Crippen LogP contribution in [0.5, 0.6) is 0 Å². The Labute approximate surface area is 56.8 Å². The Morgan fingerprint density at radius 1 is 0.750 bits per heavy atom. The Bertz CT molecular complexity index is 9.28. The molecular formula is C8H24. The van der Waals surface area contributed by atoms with Crippen molar-refractivity contribution >= 4 is 0 Å². The van der Waals surface area contributed by atoms with Crippen molar-refractivity contribution in [1.29, 1.82) is 0 Å². The monoisotopic (exact) mass is 121 g/mol. The molecule has 0 N–H and O–H groups in total. The molecule has 0 aromatic heterocycles. The van der Waals surface area contributed by atoms with Crippen molar-refractivity contribution in [3.05, 3.63) is 0 Å². The van der Waals surface area contributed by atoms with Gasteiger partial charge in [-0.25, -0.2) is 0 Å². The van der Waals surface area contributed by atoms with Crippen molar-refractivity contribution in [3.63, 3.8) is 0 Å². The highest BCUT2D eigenvalue weighted by Crippen LogP contribution is 1.81. The summed E-state index contributed by atoms with van der Waals surface area (Å²) in [5.74, 6) is 0.833. The van der Waals surface area contributed by atoms with E-state index in [1.165, 1.54) is 0 Å². The average Bonchev–Trinajstić information content (AvgIpc) is 1.75. The molecule has 0 bridgehead atoms. The highest BCUT2D eigenvalue weighted by molar-refractivity contribution is 4.20. The van der Waals surface area contributed by atoms with E-state index in [1.807, 2.05) is 27.7 Å². The van der Waals surface area contributed by atoms with Crippen LogP contribution in [0.3, 0.4) is 0 Å². The van der Waals surface area contributed by atoms with Crippen LogP contribution in [0.1, 0.15) is 49.9 Å². The number of hydrogen-bond donors (Lipinski definition) is 0. The van der Waals surface area contributed by atoms with Gasteiger partial charge in [0.15, 0.2) is 0 Å². The van der Waals surface area contributed by atoms with Gasteiger partial charge in [0, 0.05) is 1.43 Å². The highest BCUT2D eigenvalue weighted by Gasteiger charge is 1.68. The summed E-state index contributed by atoms with van der Waals surface area (Å²) >= 11 is 0. The predicted molar refractivity (Wildman–Crippen MR) is 45.3 cm³/mol. The summed E-state index contributed by atoms with van der Waals surface area (Å²) in [7, 11) is 0. The fraction of sp³-hybridized carbons (Fsp3) is 1.00. The first-order chi connectivity index (χ1) is 3.73. The molecule has 0 saturated carbocycles. The van der Waals surface area contributed by atoms with Crippen molar-refractivity contribution < 1.29 is 1.43 Å². The zero-order valence-electron chi connectivity index (χ0n) is 7.58. The first-order valence-electron chi connectivity index (χ1n) is 3.73. The third kappa shape index (κ3) is 0. The fourth-order valence-electron chi connectivity index (χ4n) is 0. The van der Waals surface area contributed by atoms with Gasteiger partial charge in [-0.05, 0) is 5.92 Å². The molecule has 0 unspecified atom stereocenters. The minimum Gasteiger partial charge on any atom is -0.0683 e. The molecule has 0 aliphatic heterocycles. The summed E-state index contributed by atoms with van der Waals surface area (Å²) in [5, 5.41) is 0. The lowest BCUT2D eigenvalue weighted by Gasteiger charge is -1.79. The van der Waals surface area contributed by atoms with E-state index in [-0.39, 0.29) is 1.43 Å². The van der Waals surface area contributed by atoms with E-state index in [4.69, 9.17) is 0 Å². The van der Waals surface area contributed by atoms with Gasteiger partial charge in [-0.2, -0.15) is 0 Å². The van der Waals surface area contributed by atoms with Crippen molar-refractivity contribution in [2.24, 2.45) is 5.92 Å². The smallest absolute Gasteiger partial charge is 0 e. The van der Waals surface area contributed by atoms with Crippen LogP contribution < -0.4 is 0 Å². The molecule has 0 atom stereocenters. The van der Waals surface area contributed by atoms with Crippen molar-refractivity contribution in [2.45, 2.75) is 48.5 Å². The summed E-state index contributed by atoms with van der Waals surface area (Å²) < 4.78 is 0. The van der Waals surface area contributed by atoms with Gasteiger partial charge in [-0.15, -0.1) is 0 Å². The van der Waals surface area contributed by atoms with Crippen LogP contribution in [0.4, 0.5) is 0 Å². The lowest BCUT2D eigenvalue weighted by molar-refractivity contribution is 0.737. The Kier molecular flexibility index (Phi) is 54.9. The normalized spacial score (nSPS) is 6.00. The quantitative estimate of drug-likeness (QED) is 0.455. The van der Waals surface area contributed by atoms with Gasteiger partial charge in [0.25, 0.3) is 0 Å². The van der Waals surface area contributed by atoms with Crippen molar-refractivity contribution in [2.75, 3.05) is 0 Å². The van der Waals surface area contributed by atoms with Crippen LogP contribution in [-0.2, 0) is 0 Å². The Hall–Kier alpha value is 0. The van der Waals surface area contributed by atoms with Gasteiger partial charge in [0.1, 0.15) is 0 Å². The molecule has 0 amide bonds. The molecule has 0 nitrogen and oxygen atoms in total. The number of hydrogen-bond acceptors (Lipinski definition) is 0. The van der Waals surface area contributed by atoms with Gasteiger partial charge in [0.2, 0.25) is 0 Å². The van der Waals surface area contributed by atoms with E-state index in [0.717, 1.165) is 5.92 Å². The number of rotatable bonds is 0. The summed E-state index contributed by atoms with van der Waals surface area (Å²) in [6.45, 7) is 14.5. The molecule has 8 heavy (non-hydrogen) atoms. The summed E-state index contributed by atoms with van der Waals surface area (Å²) in [5.41, 5.74) is 0. The van der Waals surface area contributed by atoms with E-state index in [0.29, 0.717) is 0 Å². The molecule has 0 radical (unpaired) electrons. The van der Waals surface area contributed by atoms with Gasteiger partial charge in [-0.3, -0.25) is 0 Å². The Morgan fingerprint density at radius 3 is 0.750 bits per heavy atom. The van der Waals surface area contributed by atoms with Crippen LogP contribution in [0.2, 0.25) is 0 Å². The van der Waals surface area contributed by atoms with Gasteiger partial charge >= 0.3 is 0 Å². The molecule has 0 heteroatoms. The van der Waals surface area contributed by atoms with Crippen LogP contribution in [-0.4, -0.2) is 0 Å². The maximum absolute atomic E-state index is 2.17. The third-order valence-electron chi connectivity index (χ3n) is 0. The molecule has 0 aliphatic rings. The maximum atomic E-state index is 2.17. The Balaban J connectivity index is -0.0000000221. The standard InChI is InChI=1S/C4H10.2C2H6.H2/c1-4(2)3;2*1-2;/h4H,1-3H3;2*1-2H3;1H/i;;;1+1. The van der Waals surface area contributed by atoms with Crippen LogP contribution in [0, 0.1) is 5.92 Å². The second-order valence-corrected chi connectivity index (χ2v) is 1.73. The predicted octanol–water partition coefficient (Wildman–Crippen LogP) is 3.96. The van der Waals surface area contributed by atoms with E-state index in [9.17, 15) is 0 Å². The van der Waals surface area contributed by atoms with Gasteiger partial charge in [-0.1, -0.05) is 48.5 Å². The van der Waals surface area contributed by atoms with E-state index < -0.39 is 0 Å². The topological polar surface area (TPSA) is 0 Å². The molecule has 0 rings (SSSR count). The zero-order valence-corrected chi connectivity index (χ0v) is 7.58. The van der Waals surface area contributed by atoms with Crippen molar-refractivity contribution in [3.8, 4) is 0 Å². The van der Waals surface area contributed by atoms with Crippen molar-refractivity contribution in [1.82, 2.24) is 0 Å². The zero-order chi connectivity index (χ0) is 7.58. The van der Waals surface area contributed by atoms with Crippen LogP contribution in [0.15, 0.2) is 0 Å². The molecule has 0 aliphatic carbocycles. The largest absolute Gasteiger partial charge is 0.0683 e. The molecule has 56 valence electrons. The molecule has 0 fully saturated rings. The van der Waals surface area contributed by atoms with Gasteiger partial charge in [0.05, 0.1) is 0 Å². The lowest BCUT2D eigenvalue weighted by atomic mass is 10.3. The first kappa shape index (κ1) is 15.7. The van der Waals surface area contributed by atoms with E-state index in [1.54, 1.807) is 0 Å². The minimum absolute atomic E-state index is 0. The molecule has 0 aromatic rings. The van der Waals surface area contributed by atoms with E-state index >= 15 is 0 Å². The second-order valence-electron chi connectivity index (χ2n) is 1.73. The molecule has 0 spiro atoms. The SMILES string of the molecule is CC.CC.CC(C)C.[2HH]. The Morgan fingerprint density at radius 2 is 0.750 bits per heavy atom. The second kappa shape index (κ2) is 28.0. The van der Waals surface area contributed by atoms with E-state index in [2.05, 4.69) is 20.8 Å². The third-order valence-corrected chi connectivity index (χ3v) is 0. The first-order valence-corrected chi connectivity index (χ1v) is 3.73. The molecule has 0 saturated heterocycles. The van der Waals surface area contributed by atoms with Gasteiger partial charge < -0.3 is 0 Å². The maximum Gasteiger partial charge on any atom is 0 e. The summed E-state index contributed by atoms with van der Waals surface area (Å²) in [6, 6.07) is 0. The molecule has 0 heterocycles. The summed E-state index contributed by atoms with van der Waals surface area (Å²) in [6.07, 6.45) is 0. The fourth-order valence-corrected chi connectivity index (χ4v) is 0. The van der Waals surface area contributed by atoms with Crippen LogP contribution in [0.25, 0.3) is 0 Å².